The minimum absolute atomic E-state index is 0.213. The van der Waals surface area contributed by atoms with E-state index >= 15 is 0 Å². The maximum Gasteiger partial charge on any atom is 0.407 e. The van der Waals surface area contributed by atoms with Crippen LogP contribution in [0, 0.1) is 5.41 Å². The van der Waals surface area contributed by atoms with Crippen molar-refractivity contribution in [2.75, 3.05) is 19.7 Å². The summed E-state index contributed by atoms with van der Waals surface area (Å²) in [5.41, 5.74) is 1.37. The molecule has 1 saturated heterocycles. The van der Waals surface area contributed by atoms with Crippen LogP contribution in [0.25, 0.3) is 0 Å². The standard InChI is InChI=1S/C14H21NO4/c1-2-19-12(16)9-11-3-4-14(10-11)5-7-15(8-6-14)13(17)18/h9H,2-8,10H2,1H3,(H,17,18)/b11-9+. The molecule has 1 spiro atoms. The summed E-state index contributed by atoms with van der Waals surface area (Å²) in [6.45, 7) is 3.43. The van der Waals surface area contributed by atoms with Gasteiger partial charge in [-0.25, -0.2) is 9.59 Å². The Morgan fingerprint density at radius 1 is 1.37 bits per heavy atom. The maximum atomic E-state index is 11.4. The van der Waals surface area contributed by atoms with Crippen LogP contribution in [0.3, 0.4) is 0 Å². The second kappa shape index (κ2) is 5.63. The van der Waals surface area contributed by atoms with E-state index in [1.165, 1.54) is 4.90 Å². The Labute approximate surface area is 113 Å². The maximum absolute atomic E-state index is 11.4. The van der Waals surface area contributed by atoms with Gasteiger partial charge in [0.1, 0.15) is 0 Å². The van der Waals surface area contributed by atoms with Crippen molar-refractivity contribution in [3.05, 3.63) is 11.6 Å². The molecule has 5 heteroatoms. The minimum atomic E-state index is -0.824. The lowest BCUT2D eigenvalue weighted by Crippen LogP contribution is -2.41. The van der Waals surface area contributed by atoms with Gasteiger partial charge in [-0.2, -0.15) is 0 Å². The first-order valence-electron chi connectivity index (χ1n) is 6.89. The summed E-state index contributed by atoms with van der Waals surface area (Å²) in [6, 6.07) is 0. The molecule has 0 aromatic rings. The van der Waals surface area contributed by atoms with E-state index in [0.717, 1.165) is 37.7 Å². The van der Waals surface area contributed by atoms with Crippen LogP contribution < -0.4 is 0 Å². The number of nitrogens with zero attached hydrogens (tertiary/aromatic N) is 1. The Morgan fingerprint density at radius 3 is 2.63 bits per heavy atom. The number of ether oxygens (including phenoxy) is 1. The molecule has 1 aliphatic carbocycles. The molecule has 19 heavy (non-hydrogen) atoms. The number of amides is 1. The van der Waals surface area contributed by atoms with Gasteiger partial charge in [0.25, 0.3) is 0 Å². The van der Waals surface area contributed by atoms with Crippen LogP contribution in [0.2, 0.25) is 0 Å². The summed E-state index contributed by atoms with van der Waals surface area (Å²) in [5, 5.41) is 8.95. The summed E-state index contributed by atoms with van der Waals surface area (Å²) in [4.78, 5) is 23.8. The highest BCUT2D eigenvalue weighted by atomic mass is 16.5. The van der Waals surface area contributed by atoms with E-state index in [0.29, 0.717) is 19.7 Å². The molecule has 1 amide bonds. The van der Waals surface area contributed by atoms with Crippen molar-refractivity contribution in [3.63, 3.8) is 0 Å². The molecule has 2 aliphatic rings. The molecular formula is C14H21NO4. The lowest BCUT2D eigenvalue weighted by atomic mass is 9.77. The van der Waals surface area contributed by atoms with Crippen molar-refractivity contribution >= 4 is 12.1 Å². The van der Waals surface area contributed by atoms with E-state index in [9.17, 15) is 9.59 Å². The van der Waals surface area contributed by atoms with Crippen LogP contribution in [-0.2, 0) is 9.53 Å². The van der Waals surface area contributed by atoms with E-state index in [-0.39, 0.29) is 11.4 Å². The van der Waals surface area contributed by atoms with Gasteiger partial charge in [0.2, 0.25) is 0 Å². The predicted octanol–water partition coefficient (Wildman–Crippen LogP) is 2.42. The lowest BCUT2D eigenvalue weighted by Gasteiger charge is -2.38. The first kappa shape index (κ1) is 13.9. The van der Waals surface area contributed by atoms with E-state index < -0.39 is 6.09 Å². The fourth-order valence-electron chi connectivity index (χ4n) is 3.16. The largest absolute Gasteiger partial charge is 0.465 e. The number of rotatable bonds is 2. The number of carbonyl (C=O) groups excluding carboxylic acids is 1. The molecule has 1 aliphatic heterocycles. The number of hydrogen-bond acceptors (Lipinski definition) is 3. The van der Waals surface area contributed by atoms with Crippen LogP contribution in [0.15, 0.2) is 11.6 Å². The smallest absolute Gasteiger partial charge is 0.407 e. The topological polar surface area (TPSA) is 66.8 Å². The number of allylic oxidation sites excluding steroid dienone is 1. The molecular weight excluding hydrogens is 246 g/mol. The number of carbonyl (C=O) groups is 2. The third-order valence-corrected chi connectivity index (χ3v) is 4.28. The summed E-state index contributed by atoms with van der Waals surface area (Å²) >= 11 is 0. The van der Waals surface area contributed by atoms with Gasteiger partial charge < -0.3 is 14.7 Å². The molecule has 5 nitrogen and oxygen atoms in total. The van der Waals surface area contributed by atoms with E-state index in [1.54, 1.807) is 13.0 Å². The van der Waals surface area contributed by atoms with Gasteiger partial charge in [-0.1, -0.05) is 5.57 Å². The van der Waals surface area contributed by atoms with Crippen molar-refractivity contribution in [1.29, 1.82) is 0 Å². The van der Waals surface area contributed by atoms with Crippen LogP contribution in [0.5, 0.6) is 0 Å². The molecule has 0 bridgehead atoms. The summed E-state index contributed by atoms with van der Waals surface area (Å²) in [7, 11) is 0. The molecule has 2 fully saturated rings. The molecule has 1 N–H and O–H groups in total. The number of piperidine rings is 1. The van der Waals surface area contributed by atoms with Crippen LogP contribution >= 0.6 is 0 Å². The van der Waals surface area contributed by atoms with Crippen LogP contribution in [-0.4, -0.2) is 41.8 Å². The zero-order chi connectivity index (χ0) is 13.9. The Hall–Kier alpha value is -1.52. The third-order valence-electron chi connectivity index (χ3n) is 4.28. The first-order valence-corrected chi connectivity index (χ1v) is 6.89. The highest BCUT2D eigenvalue weighted by Gasteiger charge is 2.40. The van der Waals surface area contributed by atoms with Gasteiger partial charge in [0.05, 0.1) is 6.61 Å². The van der Waals surface area contributed by atoms with Gasteiger partial charge in [-0.05, 0) is 44.4 Å². The van der Waals surface area contributed by atoms with Gasteiger partial charge in [0.15, 0.2) is 0 Å². The zero-order valence-corrected chi connectivity index (χ0v) is 11.4. The molecule has 0 aromatic carbocycles. The number of carboxylic acid groups (broad SMARTS) is 1. The van der Waals surface area contributed by atoms with Crippen molar-refractivity contribution in [2.24, 2.45) is 5.41 Å². The SMILES string of the molecule is CCOC(=O)/C=C1\CCC2(CCN(C(=O)O)CC2)C1. The molecule has 106 valence electrons. The molecule has 0 atom stereocenters. The van der Waals surface area contributed by atoms with E-state index in [4.69, 9.17) is 9.84 Å². The molecule has 1 saturated carbocycles. The Bertz CT molecular complexity index is 394. The number of hydrogen-bond donors (Lipinski definition) is 1. The van der Waals surface area contributed by atoms with Crippen molar-refractivity contribution in [3.8, 4) is 0 Å². The van der Waals surface area contributed by atoms with Crippen LogP contribution in [0.4, 0.5) is 4.79 Å². The van der Waals surface area contributed by atoms with Crippen molar-refractivity contribution in [1.82, 2.24) is 4.90 Å². The molecule has 2 rings (SSSR count). The molecule has 0 radical (unpaired) electrons. The first-order chi connectivity index (χ1) is 9.04. The normalized spacial score (nSPS) is 23.8. The lowest BCUT2D eigenvalue weighted by molar-refractivity contribution is -0.137. The Morgan fingerprint density at radius 2 is 2.05 bits per heavy atom. The highest BCUT2D eigenvalue weighted by Crippen LogP contribution is 2.48. The summed E-state index contributed by atoms with van der Waals surface area (Å²) in [6.07, 6.45) is 5.52. The summed E-state index contributed by atoms with van der Waals surface area (Å²) in [5.74, 6) is -0.252. The average Bonchev–Trinajstić information content (AvgIpc) is 2.73. The van der Waals surface area contributed by atoms with Crippen LogP contribution in [0.1, 0.15) is 39.0 Å². The van der Waals surface area contributed by atoms with Crippen molar-refractivity contribution < 1.29 is 19.4 Å². The monoisotopic (exact) mass is 267 g/mol. The minimum Gasteiger partial charge on any atom is -0.465 e. The second-order valence-corrected chi connectivity index (χ2v) is 5.50. The van der Waals surface area contributed by atoms with Gasteiger partial charge >= 0.3 is 12.1 Å². The summed E-state index contributed by atoms with van der Waals surface area (Å²) < 4.78 is 4.93. The predicted molar refractivity (Wildman–Crippen MR) is 69.8 cm³/mol. The Balaban J connectivity index is 1.91. The fourth-order valence-corrected chi connectivity index (χ4v) is 3.16. The van der Waals surface area contributed by atoms with E-state index in [1.807, 2.05) is 0 Å². The molecule has 0 aromatic heterocycles. The average molecular weight is 267 g/mol. The van der Waals surface area contributed by atoms with Gasteiger partial charge in [-0.3, -0.25) is 0 Å². The second-order valence-electron chi connectivity index (χ2n) is 5.50. The Kier molecular flexibility index (Phi) is 4.12. The molecule has 0 unspecified atom stereocenters. The number of esters is 1. The van der Waals surface area contributed by atoms with Crippen molar-refractivity contribution in [2.45, 2.75) is 39.0 Å². The zero-order valence-electron chi connectivity index (χ0n) is 11.4. The van der Waals surface area contributed by atoms with E-state index in [2.05, 4.69) is 0 Å². The number of likely N-dealkylation sites (tertiary alicyclic amines) is 1. The van der Waals surface area contributed by atoms with Gasteiger partial charge in [0, 0.05) is 19.2 Å². The van der Waals surface area contributed by atoms with Gasteiger partial charge in [-0.15, -0.1) is 0 Å². The fraction of sp³-hybridized carbons (Fsp3) is 0.714. The third kappa shape index (κ3) is 3.28. The molecule has 1 heterocycles. The highest BCUT2D eigenvalue weighted by molar-refractivity contribution is 5.82. The quantitative estimate of drug-likeness (QED) is 0.616.